The number of rotatable bonds is 7. The molecule has 5 nitrogen and oxygen atoms in total. The number of hydrogen-bond donors (Lipinski definition) is 1. The van der Waals surface area contributed by atoms with Crippen LogP contribution in [0.2, 0.25) is 5.02 Å². The van der Waals surface area contributed by atoms with Crippen LogP contribution in [0.3, 0.4) is 0 Å². The Balaban J connectivity index is 1.40. The van der Waals surface area contributed by atoms with Crippen molar-refractivity contribution in [3.05, 3.63) is 50.7 Å². The number of carbonyl (C=O) groups excluding carboxylic acids is 1. The zero-order valence-corrected chi connectivity index (χ0v) is 19.5. The standard InChI is InChI=1S/C22H25ClN4OS2/c1-3-27-21(18-12-29-19-10-14(2)4-9-17(18)19)25-26-22(27)30-13-20(28)24-11-15-5-7-16(23)8-6-15/h5-8,12,14H,3-4,9-11,13H2,1-2H3,(H,24,28)/t14-/m0/s1. The van der Waals surface area contributed by atoms with Crippen LogP contribution in [-0.4, -0.2) is 26.4 Å². The molecule has 0 fully saturated rings. The van der Waals surface area contributed by atoms with Crippen molar-refractivity contribution in [2.45, 2.75) is 51.4 Å². The maximum Gasteiger partial charge on any atom is 0.230 e. The Labute approximate surface area is 190 Å². The van der Waals surface area contributed by atoms with Crippen LogP contribution >= 0.6 is 34.7 Å². The van der Waals surface area contributed by atoms with E-state index in [1.54, 1.807) is 0 Å². The molecule has 1 aliphatic rings. The lowest BCUT2D eigenvalue weighted by molar-refractivity contribution is -0.118. The predicted molar refractivity (Wildman–Crippen MR) is 124 cm³/mol. The summed E-state index contributed by atoms with van der Waals surface area (Å²) in [7, 11) is 0. The quantitative estimate of drug-likeness (QED) is 0.491. The minimum absolute atomic E-state index is 0.0240. The molecule has 8 heteroatoms. The summed E-state index contributed by atoms with van der Waals surface area (Å²) in [5.74, 6) is 1.97. The zero-order valence-electron chi connectivity index (χ0n) is 17.2. The van der Waals surface area contributed by atoms with Crippen molar-refractivity contribution in [1.29, 1.82) is 0 Å². The highest BCUT2D eigenvalue weighted by molar-refractivity contribution is 7.99. The second-order valence-electron chi connectivity index (χ2n) is 7.64. The van der Waals surface area contributed by atoms with E-state index in [1.165, 1.54) is 34.2 Å². The molecule has 0 aliphatic heterocycles. The highest BCUT2D eigenvalue weighted by Gasteiger charge is 2.24. The third-order valence-electron chi connectivity index (χ3n) is 5.41. The summed E-state index contributed by atoms with van der Waals surface area (Å²) in [4.78, 5) is 13.8. The van der Waals surface area contributed by atoms with Crippen molar-refractivity contribution in [2.24, 2.45) is 5.92 Å². The predicted octanol–water partition coefficient (Wildman–Crippen LogP) is 5.21. The number of halogens is 1. The van der Waals surface area contributed by atoms with E-state index in [1.807, 2.05) is 35.6 Å². The van der Waals surface area contributed by atoms with Gasteiger partial charge in [0.2, 0.25) is 5.91 Å². The van der Waals surface area contributed by atoms with Crippen LogP contribution in [0.5, 0.6) is 0 Å². The van der Waals surface area contributed by atoms with E-state index in [4.69, 9.17) is 11.6 Å². The van der Waals surface area contributed by atoms with E-state index in [0.717, 1.165) is 41.8 Å². The second-order valence-corrected chi connectivity index (χ2v) is 9.98. The highest BCUT2D eigenvalue weighted by atomic mass is 35.5. The second kappa shape index (κ2) is 9.54. The van der Waals surface area contributed by atoms with Gasteiger partial charge >= 0.3 is 0 Å². The number of benzene rings is 1. The van der Waals surface area contributed by atoms with Gasteiger partial charge in [-0.05, 0) is 55.4 Å². The Morgan fingerprint density at radius 3 is 2.90 bits per heavy atom. The zero-order chi connectivity index (χ0) is 21.1. The van der Waals surface area contributed by atoms with Gasteiger partial charge in [0.05, 0.1) is 5.75 Å². The molecule has 0 bridgehead atoms. The molecule has 2 aromatic heterocycles. The van der Waals surface area contributed by atoms with Crippen molar-refractivity contribution < 1.29 is 4.79 Å². The Hall–Kier alpha value is -1.83. The fourth-order valence-electron chi connectivity index (χ4n) is 3.73. The van der Waals surface area contributed by atoms with Crippen LogP contribution in [-0.2, 0) is 30.7 Å². The Bertz CT molecular complexity index is 1030. The topological polar surface area (TPSA) is 59.8 Å². The van der Waals surface area contributed by atoms with Gasteiger partial charge in [0.1, 0.15) is 0 Å². The molecule has 4 rings (SSSR count). The largest absolute Gasteiger partial charge is 0.351 e. The Kier molecular flexibility index (Phi) is 6.80. The first-order valence-electron chi connectivity index (χ1n) is 10.2. The Morgan fingerprint density at radius 2 is 2.13 bits per heavy atom. The summed E-state index contributed by atoms with van der Waals surface area (Å²) in [6.07, 6.45) is 3.50. The van der Waals surface area contributed by atoms with Gasteiger partial charge in [-0.3, -0.25) is 4.79 Å². The normalized spacial score (nSPS) is 15.8. The van der Waals surface area contributed by atoms with E-state index in [2.05, 4.69) is 39.3 Å². The number of fused-ring (bicyclic) bond motifs is 1. The van der Waals surface area contributed by atoms with Gasteiger partial charge in [0.25, 0.3) is 0 Å². The number of thiophene rings is 1. The molecule has 0 saturated carbocycles. The molecular formula is C22H25ClN4OS2. The van der Waals surface area contributed by atoms with E-state index >= 15 is 0 Å². The maximum atomic E-state index is 12.3. The molecule has 158 valence electrons. The summed E-state index contributed by atoms with van der Waals surface area (Å²) in [5.41, 5.74) is 3.68. The van der Waals surface area contributed by atoms with Gasteiger partial charge in [0.15, 0.2) is 11.0 Å². The Morgan fingerprint density at radius 1 is 1.33 bits per heavy atom. The molecule has 0 unspecified atom stereocenters. The summed E-state index contributed by atoms with van der Waals surface area (Å²) in [6, 6.07) is 7.48. The SMILES string of the molecule is CCn1c(SCC(=O)NCc2ccc(Cl)cc2)nnc1-c1csc2c1CC[C@H](C)C2. The number of carbonyl (C=O) groups is 1. The smallest absolute Gasteiger partial charge is 0.230 e. The average Bonchev–Trinajstić information content (AvgIpc) is 3.34. The van der Waals surface area contributed by atoms with Gasteiger partial charge < -0.3 is 9.88 Å². The minimum Gasteiger partial charge on any atom is -0.351 e. The van der Waals surface area contributed by atoms with E-state index in [-0.39, 0.29) is 5.91 Å². The molecule has 1 aliphatic carbocycles. The van der Waals surface area contributed by atoms with Crippen LogP contribution < -0.4 is 5.32 Å². The lowest BCUT2D eigenvalue weighted by Crippen LogP contribution is -2.24. The average molecular weight is 461 g/mol. The van der Waals surface area contributed by atoms with Gasteiger partial charge in [0, 0.05) is 33.9 Å². The third kappa shape index (κ3) is 4.74. The van der Waals surface area contributed by atoms with Gasteiger partial charge in [-0.15, -0.1) is 21.5 Å². The number of nitrogens with one attached hydrogen (secondary N) is 1. The first kappa shape index (κ1) is 21.4. The van der Waals surface area contributed by atoms with Crippen LogP contribution in [0.15, 0.2) is 34.8 Å². The van der Waals surface area contributed by atoms with Crippen molar-refractivity contribution in [3.63, 3.8) is 0 Å². The van der Waals surface area contributed by atoms with Crippen molar-refractivity contribution in [3.8, 4) is 11.4 Å². The third-order valence-corrected chi connectivity index (χ3v) is 7.68. The molecular weight excluding hydrogens is 436 g/mol. The number of thioether (sulfide) groups is 1. The van der Waals surface area contributed by atoms with E-state index in [0.29, 0.717) is 17.3 Å². The number of hydrogen-bond acceptors (Lipinski definition) is 5. The molecule has 2 heterocycles. The van der Waals surface area contributed by atoms with E-state index < -0.39 is 0 Å². The highest BCUT2D eigenvalue weighted by Crippen LogP contribution is 2.38. The van der Waals surface area contributed by atoms with Crippen molar-refractivity contribution >= 4 is 40.6 Å². The van der Waals surface area contributed by atoms with Gasteiger partial charge in [-0.1, -0.05) is 42.4 Å². The number of amides is 1. The lowest BCUT2D eigenvalue weighted by atomic mass is 9.88. The lowest BCUT2D eigenvalue weighted by Gasteiger charge is -2.19. The monoisotopic (exact) mass is 460 g/mol. The van der Waals surface area contributed by atoms with Crippen LogP contribution in [0.1, 0.15) is 36.3 Å². The molecule has 0 spiro atoms. The first-order valence-corrected chi connectivity index (χ1v) is 12.5. The summed E-state index contributed by atoms with van der Waals surface area (Å²) < 4.78 is 2.12. The minimum atomic E-state index is -0.0240. The fraction of sp³-hybridized carbons (Fsp3) is 0.409. The van der Waals surface area contributed by atoms with Crippen LogP contribution in [0.4, 0.5) is 0 Å². The molecule has 1 aromatic carbocycles. The molecule has 1 N–H and O–H groups in total. The molecule has 3 aromatic rings. The summed E-state index contributed by atoms with van der Waals surface area (Å²) in [5, 5.41) is 15.5. The molecule has 30 heavy (non-hydrogen) atoms. The summed E-state index contributed by atoms with van der Waals surface area (Å²) >= 11 is 9.17. The first-order chi connectivity index (χ1) is 14.5. The van der Waals surface area contributed by atoms with Gasteiger partial charge in [-0.25, -0.2) is 0 Å². The molecule has 1 amide bonds. The fourth-order valence-corrected chi connectivity index (χ4v) is 5.93. The van der Waals surface area contributed by atoms with E-state index in [9.17, 15) is 4.79 Å². The molecule has 0 saturated heterocycles. The van der Waals surface area contributed by atoms with Crippen LogP contribution in [0, 0.1) is 5.92 Å². The maximum absolute atomic E-state index is 12.3. The number of aromatic nitrogens is 3. The molecule has 1 atom stereocenters. The van der Waals surface area contributed by atoms with Gasteiger partial charge in [-0.2, -0.15) is 0 Å². The summed E-state index contributed by atoms with van der Waals surface area (Å²) in [6.45, 7) is 5.68. The number of nitrogens with zero attached hydrogens (tertiary/aromatic N) is 3. The van der Waals surface area contributed by atoms with Crippen LogP contribution in [0.25, 0.3) is 11.4 Å². The van der Waals surface area contributed by atoms with Crippen molar-refractivity contribution in [2.75, 3.05) is 5.75 Å². The van der Waals surface area contributed by atoms with Crippen molar-refractivity contribution in [1.82, 2.24) is 20.1 Å². The molecule has 0 radical (unpaired) electrons.